The van der Waals surface area contributed by atoms with Gasteiger partial charge in [-0.2, -0.15) is 0 Å². The molecule has 3 rings (SSSR count). The van der Waals surface area contributed by atoms with Gasteiger partial charge in [0.15, 0.2) is 17.1 Å². The lowest BCUT2D eigenvalue weighted by Gasteiger charge is -2.15. The lowest BCUT2D eigenvalue weighted by atomic mass is 10.1. The first-order chi connectivity index (χ1) is 16.8. The summed E-state index contributed by atoms with van der Waals surface area (Å²) in [6.07, 6.45) is 0.300. The Bertz CT molecular complexity index is 1160. The zero-order valence-electron chi connectivity index (χ0n) is 20.9. The molecular formula is C26H33N5O3S. The highest BCUT2D eigenvalue weighted by molar-refractivity contribution is 7.99. The van der Waals surface area contributed by atoms with Crippen LogP contribution in [0.5, 0.6) is 5.75 Å². The zero-order valence-corrected chi connectivity index (χ0v) is 21.7. The highest BCUT2D eigenvalue weighted by Gasteiger charge is 2.18. The predicted molar refractivity (Wildman–Crippen MR) is 139 cm³/mol. The van der Waals surface area contributed by atoms with Crippen molar-refractivity contribution < 1.29 is 14.3 Å². The summed E-state index contributed by atoms with van der Waals surface area (Å²) in [6, 6.07) is 13.6. The van der Waals surface area contributed by atoms with Gasteiger partial charge in [0.05, 0.1) is 12.3 Å². The molecule has 0 fully saturated rings. The van der Waals surface area contributed by atoms with Gasteiger partial charge in [-0.05, 0) is 69.0 Å². The largest absolute Gasteiger partial charge is 0.481 e. The Morgan fingerprint density at radius 1 is 1.09 bits per heavy atom. The second-order valence-corrected chi connectivity index (χ2v) is 9.15. The molecule has 0 saturated carbocycles. The van der Waals surface area contributed by atoms with E-state index in [0.717, 1.165) is 23.2 Å². The van der Waals surface area contributed by atoms with Crippen molar-refractivity contribution in [2.75, 3.05) is 11.1 Å². The lowest BCUT2D eigenvalue weighted by Crippen LogP contribution is -2.36. The van der Waals surface area contributed by atoms with E-state index in [0.29, 0.717) is 23.3 Å². The van der Waals surface area contributed by atoms with E-state index < -0.39 is 6.10 Å². The van der Waals surface area contributed by atoms with Crippen molar-refractivity contribution in [3.05, 3.63) is 65.0 Å². The molecule has 9 heteroatoms. The summed E-state index contributed by atoms with van der Waals surface area (Å²) in [6.45, 7) is 10.6. The molecule has 1 aromatic heterocycles. The number of rotatable bonds is 11. The normalized spacial score (nSPS) is 11.7. The van der Waals surface area contributed by atoms with Crippen molar-refractivity contribution in [2.24, 2.45) is 0 Å². The van der Waals surface area contributed by atoms with E-state index in [1.807, 2.05) is 67.8 Å². The standard InChI is InChI=1S/C26H33N5O3S/c1-6-20-11-13-21(14-12-20)34-19(5)25(33)27-15-23-29-30-26(31(23)7-2)35-16-24(32)28-22-10-8-9-17(3)18(22)4/h8-14,19H,6-7,15-16H2,1-5H3,(H,27,33)(H,28,32)/t19-/m1/s1. The van der Waals surface area contributed by atoms with Gasteiger partial charge in [-0.25, -0.2) is 0 Å². The van der Waals surface area contributed by atoms with Crippen LogP contribution in [-0.4, -0.2) is 38.4 Å². The van der Waals surface area contributed by atoms with Crippen molar-refractivity contribution in [2.45, 2.75) is 65.4 Å². The first kappa shape index (κ1) is 26.3. The molecule has 2 N–H and O–H groups in total. The second-order valence-electron chi connectivity index (χ2n) is 8.20. The number of carbonyl (C=O) groups is 2. The molecule has 0 radical (unpaired) electrons. The Balaban J connectivity index is 1.52. The van der Waals surface area contributed by atoms with Crippen molar-refractivity contribution in [1.29, 1.82) is 0 Å². The fourth-order valence-corrected chi connectivity index (χ4v) is 4.27. The van der Waals surface area contributed by atoms with Gasteiger partial charge in [-0.1, -0.05) is 43.0 Å². The van der Waals surface area contributed by atoms with E-state index in [4.69, 9.17) is 4.74 Å². The highest BCUT2D eigenvalue weighted by atomic mass is 32.2. The van der Waals surface area contributed by atoms with Crippen LogP contribution in [0.25, 0.3) is 0 Å². The van der Waals surface area contributed by atoms with E-state index in [2.05, 4.69) is 27.8 Å². The molecule has 0 aliphatic heterocycles. The van der Waals surface area contributed by atoms with E-state index in [-0.39, 0.29) is 24.1 Å². The van der Waals surface area contributed by atoms with Gasteiger partial charge in [0, 0.05) is 12.2 Å². The van der Waals surface area contributed by atoms with Gasteiger partial charge < -0.3 is 19.9 Å². The van der Waals surface area contributed by atoms with Crippen molar-refractivity contribution >= 4 is 29.3 Å². The molecule has 8 nitrogen and oxygen atoms in total. The number of nitrogens with zero attached hydrogens (tertiary/aromatic N) is 3. The topological polar surface area (TPSA) is 98.1 Å². The Morgan fingerprint density at radius 2 is 1.83 bits per heavy atom. The number of aromatic nitrogens is 3. The molecule has 0 bridgehead atoms. The Labute approximate surface area is 210 Å². The minimum absolute atomic E-state index is 0.109. The number of hydrogen-bond acceptors (Lipinski definition) is 6. The Kier molecular flexibility index (Phi) is 9.31. The predicted octanol–water partition coefficient (Wildman–Crippen LogP) is 4.29. The van der Waals surface area contributed by atoms with Crippen LogP contribution in [0.1, 0.15) is 43.3 Å². The lowest BCUT2D eigenvalue weighted by molar-refractivity contribution is -0.127. The van der Waals surface area contributed by atoms with Crippen molar-refractivity contribution in [1.82, 2.24) is 20.1 Å². The average Bonchev–Trinajstić information content (AvgIpc) is 3.26. The third-order valence-corrected chi connectivity index (χ3v) is 6.72. The third-order valence-electron chi connectivity index (χ3n) is 5.76. The summed E-state index contributed by atoms with van der Waals surface area (Å²) in [5, 5.41) is 14.9. The van der Waals surface area contributed by atoms with E-state index in [1.54, 1.807) is 6.92 Å². The SMILES string of the molecule is CCc1ccc(O[C@H](C)C(=O)NCc2nnc(SCC(=O)Nc3cccc(C)c3C)n2CC)cc1. The number of amides is 2. The molecule has 35 heavy (non-hydrogen) atoms. The number of hydrogen-bond donors (Lipinski definition) is 2. The number of carbonyl (C=O) groups excluding carboxylic acids is 2. The number of benzene rings is 2. The minimum atomic E-state index is -0.650. The van der Waals surface area contributed by atoms with E-state index in [1.165, 1.54) is 17.3 Å². The van der Waals surface area contributed by atoms with Crippen molar-refractivity contribution in [3.63, 3.8) is 0 Å². The quantitative estimate of drug-likeness (QED) is 0.385. The maximum atomic E-state index is 12.5. The molecule has 0 unspecified atom stereocenters. The van der Waals surface area contributed by atoms with Crippen LogP contribution in [0.2, 0.25) is 0 Å². The monoisotopic (exact) mass is 495 g/mol. The van der Waals surface area contributed by atoms with Crippen LogP contribution in [0.4, 0.5) is 5.69 Å². The van der Waals surface area contributed by atoms with Crippen LogP contribution < -0.4 is 15.4 Å². The Morgan fingerprint density at radius 3 is 2.51 bits per heavy atom. The molecule has 0 saturated heterocycles. The van der Waals surface area contributed by atoms with Crippen LogP contribution in [0, 0.1) is 13.8 Å². The molecule has 0 aliphatic rings. The van der Waals surface area contributed by atoms with E-state index >= 15 is 0 Å². The zero-order chi connectivity index (χ0) is 25.4. The molecule has 1 heterocycles. The van der Waals surface area contributed by atoms with Gasteiger partial charge in [0.25, 0.3) is 5.91 Å². The molecule has 0 spiro atoms. The summed E-state index contributed by atoms with van der Waals surface area (Å²) in [5.41, 5.74) is 4.21. The molecular weight excluding hydrogens is 462 g/mol. The first-order valence-electron chi connectivity index (χ1n) is 11.8. The Hall–Kier alpha value is -3.33. The van der Waals surface area contributed by atoms with Crippen LogP contribution in [0.3, 0.4) is 0 Å². The first-order valence-corrected chi connectivity index (χ1v) is 12.7. The van der Waals surface area contributed by atoms with E-state index in [9.17, 15) is 9.59 Å². The fourth-order valence-electron chi connectivity index (χ4n) is 3.45. The number of aryl methyl sites for hydroxylation is 2. The fraction of sp³-hybridized carbons (Fsp3) is 0.385. The molecule has 2 aromatic carbocycles. The molecule has 0 aliphatic carbocycles. The summed E-state index contributed by atoms with van der Waals surface area (Å²) in [4.78, 5) is 25.0. The van der Waals surface area contributed by atoms with Crippen molar-refractivity contribution in [3.8, 4) is 5.75 Å². The second kappa shape index (κ2) is 12.4. The van der Waals surface area contributed by atoms with Crippen LogP contribution >= 0.6 is 11.8 Å². The summed E-state index contributed by atoms with van der Waals surface area (Å²) in [7, 11) is 0. The van der Waals surface area contributed by atoms with Crippen LogP contribution in [-0.2, 0) is 29.1 Å². The van der Waals surface area contributed by atoms with Gasteiger partial charge in [-0.3, -0.25) is 9.59 Å². The molecule has 1 atom stereocenters. The maximum absolute atomic E-state index is 12.5. The van der Waals surface area contributed by atoms with Gasteiger partial charge in [0.1, 0.15) is 5.75 Å². The summed E-state index contributed by atoms with van der Waals surface area (Å²) >= 11 is 1.32. The molecule has 186 valence electrons. The smallest absolute Gasteiger partial charge is 0.261 e. The van der Waals surface area contributed by atoms with Gasteiger partial charge in [-0.15, -0.1) is 10.2 Å². The van der Waals surface area contributed by atoms with Gasteiger partial charge in [0.2, 0.25) is 5.91 Å². The number of ether oxygens (including phenoxy) is 1. The third kappa shape index (κ3) is 7.08. The summed E-state index contributed by atoms with van der Waals surface area (Å²) in [5.74, 6) is 1.14. The minimum Gasteiger partial charge on any atom is -0.481 e. The number of anilines is 1. The van der Waals surface area contributed by atoms with Crippen LogP contribution in [0.15, 0.2) is 47.6 Å². The average molecular weight is 496 g/mol. The molecule has 2 amide bonds. The maximum Gasteiger partial charge on any atom is 0.261 e. The molecule has 3 aromatic rings. The number of thioether (sulfide) groups is 1. The highest BCUT2D eigenvalue weighted by Crippen LogP contribution is 2.21. The number of nitrogens with one attached hydrogen (secondary N) is 2. The van der Waals surface area contributed by atoms with Gasteiger partial charge >= 0.3 is 0 Å². The summed E-state index contributed by atoms with van der Waals surface area (Å²) < 4.78 is 7.65.